The van der Waals surface area contributed by atoms with E-state index in [1.807, 2.05) is 18.2 Å². The fourth-order valence-electron chi connectivity index (χ4n) is 2.04. The molecule has 3 N–H and O–H groups in total. The molecule has 0 saturated carbocycles. The molecule has 1 unspecified atom stereocenters. The minimum atomic E-state index is 0.105. The maximum atomic E-state index is 6.21. The van der Waals surface area contributed by atoms with Crippen LogP contribution >= 0.6 is 35.0 Å². The highest BCUT2D eigenvalue weighted by atomic mass is 35.5. The van der Waals surface area contributed by atoms with Crippen LogP contribution in [0, 0.1) is 6.92 Å². The number of thioether (sulfide) groups is 1. The van der Waals surface area contributed by atoms with E-state index in [9.17, 15) is 0 Å². The molecular weight excluding hydrogens is 323 g/mol. The van der Waals surface area contributed by atoms with Gasteiger partial charge in [0.05, 0.1) is 0 Å². The van der Waals surface area contributed by atoms with Crippen LogP contribution in [0.3, 0.4) is 0 Å². The van der Waals surface area contributed by atoms with E-state index in [4.69, 9.17) is 29.0 Å². The second kappa shape index (κ2) is 8.06. The first kappa shape index (κ1) is 16.7. The van der Waals surface area contributed by atoms with Gasteiger partial charge in [-0.1, -0.05) is 47.0 Å². The van der Waals surface area contributed by atoms with Crippen molar-refractivity contribution in [3.8, 4) is 0 Å². The van der Waals surface area contributed by atoms with Gasteiger partial charge in [-0.05, 0) is 43.2 Å². The van der Waals surface area contributed by atoms with Crippen LogP contribution in [0.1, 0.15) is 11.1 Å². The van der Waals surface area contributed by atoms with Gasteiger partial charge in [-0.2, -0.15) is 0 Å². The Morgan fingerprint density at radius 2 is 1.81 bits per heavy atom. The number of hydrazine groups is 1. The maximum absolute atomic E-state index is 6.21. The van der Waals surface area contributed by atoms with Crippen LogP contribution in [0.15, 0.2) is 47.4 Å². The predicted molar refractivity (Wildman–Crippen MR) is 93.2 cm³/mol. The molecule has 2 rings (SSSR count). The van der Waals surface area contributed by atoms with Crippen molar-refractivity contribution in [2.24, 2.45) is 5.84 Å². The average molecular weight is 341 g/mol. The highest BCUT2D eigenvalue weighted by molar-refractivity contribution is 7.99. The van der Waals surface area contributed by atoms with Crippen molar-refractivity contribution in [3.05, 3.63) is 63.6 Å². The summed E-state index contributed by atoms with van der Waals surface area (Å²) >= 11 is 14.2. The van der Waals surface area contributed by atoms with Gasteiger partial charge >= 0.3 is 0 Å². The molecule has 5 heteroatoms. The lowest BCUT2D eigenvalue weighted by atomic mass is 10.1. The lowest BCUT2D eigenvalue weighted by Gasteiger charge is -2.17. The molecule has 2 aromatic rings. The Bertz CT molecular complexity index is 584. The summed E-state index contributed by atoms with van der Waals surface area (Å²) < 4.78 is 0. The molecule has 0 aromatic heterocycles. The molecule has 0 saturated heterocycles. The summed E-state index contributed by atoms with van der Waals surface area (Å²) in [4.78, 5) is 1.24. The predicted octanol–water partition coefficient (Wildman–Crippen LogP) is 4.47. The summed E-state index contributed by atoms with van der Waals surface area (Å²) in [6.07, 6.45) is 0.702. The Balaban J connectivity index is 2.00. The third kappa shape index (κ3) is 4.90. The van der Waals surface area contributed by atoms with Crippen molar-refractivity contribution >= 4 is 35.0 Å². The molecule has 0 aliphatic rings. The smallest absolute Gasteiger partial charge is 0.0453 e. The van der Waals surface area contributed by atoms with E-state index in [1.54, 1.807) is 11.8 Å². The molecule has 0 spiro atoms. The van der Waals surface area contributed by atoms with Gasteiger partial charge < -0.3 is 0 Å². The highest BCUT2D eigenvalue weighted by Crippen LogP contribution is 2.27. The fourth-order valence-corrected chi connectivity index (χ4v) is 3.65. The van der Waals surface area contributed by atoms with Gasteiger partial charge in [-0.15, -0.1) is 11.8 Å². The number of hydrogen-bond acceptors (Lipinski definition) is 3. The van der Waals surface area contributed by atoms with Crippen molar-refractivity contribution in [1.29, 1.82) is 0 Å². The Morgan fingerprint density at radius 1 is 1.14 bits per heavy atom. The molecule has 21 heavy (non-hydrogen) atoms. The Hall–Kier alpha value is -0.710. The van der Waals surface area contributed by atoms with Gasteiger partial charge in [0, 0.05) is 26.7 Å². The van der Waals surface area contributed by atoms with E-state index < -0.39 is 0 Å². The largest absolute Gasteiger partial charge is 0.271 e. The molecule has 0 fully saturated rings. The molecule has 0 bridgehead atoms. The second-order valence-electron chi connectivity index (χ2n) is 4.90. The third-order valence-electron chi connectivity index (χ3n) is 3.19. The van der Waals surface area contributed by atoms with Crippen LogP contribution in [0.5, 0.6) is 0 Å². The van der Waals surface area contributed by atoms with E-state index in [0.717, 1.165) is 11.3 Å². The highest BCUT2D eigenvalue weighted by Gasteiger charge is 2.13. The normalized spacial score (nSPS) is 12.4. The number of aryl methyl sites for hydroxylation is 1. The van der Waals surface area contributed by atoms with Crippen LogP contribution in [-0.2, 0) is 6.42 Å². The topological polar surface area (TPSA) is 38.0 Å². The molecule has 0 heterocycles. The van der Waals surface area contributed by atoms with Crippen molar-refractivity contribution in [1.82, 2.24) is 5.43 Å². The van der Waals surface area contributed by atoms with Gasteiger partial charge in [0.2, 0.25) is 0 Å². The molecule has 2 aromatic carbocycles. The van der Waals surface area contributed by atoms with E-state index in [1.165, 1.54) is 10.5 Å². The van der Waals surface area contributed by atoms with Crippen LogP contribution < -0.4 is 11.3 Å². The van der Waals surface area contributed by atoms with Crippen LogP contribution in [0.2, 0.25) is 10.0 Å². The number of benzene rings is 2. The summed E-state index contributed by atoms with van der Waals surface area (Å²) in [5.74, 6) is 6.51. The summed E-state index contributed by atoms with van der Waals surface area (Å²) in [7, 11) is 0. The van der Waals surface area contributed by atoms with Crippen molar-refractivity contribution in [3.63, 3.8) is 0 Å². The lowest BCUT2D eigenvalue weighted by Crippen LogP contribution is -2.38. The first-order valence-corrected chi connectivity index (χ1v) is 8.43. The van der Waals surface area contributed by atoms with Gasteiger partial charge in [0.15, 0.2) is 0 Å². The fraction of sp³-hybridized carbons (Fsp3) is 0.250. The SMILES string of the molecule is Cc1cccc(SCC(Cc2c(Cl)cccc2Cl)NN)c1. The first-order valence-electron chi connectivity index (χ1n) is 6.68. The van der Waals surface area contributed by atoms with Gasteiger partial charge in [0.1, 0.15) is 0 Å². The first-order chi connectivity index (χ1) is 10.1. The third-order valence-corrected chi connectivity index (χ3v) is 5.05. The summed E-state index contributed by atoms with van der Waals surface area (Å²) in [5, 5.41) is 1.37. The monoisotopic (exact) mass is 340 g/mol. The van der Waals surface area contributed by atoms with Crippen molar-refractivity contribution in [2.75, 3.05) is 5.75 Å². The molecule has 0 amide bonds. The maximum Gasteiger partial charge on any atom is 0.0453 e. The van der Waals surface area contributed by atoms with Crippen LogP contribution in [0.25, 0.3) is 0 Å². The minimum absolute atomic E-state index is 0.105. The number of halogens is 2. The minimum Gasteiger partial charge on any atom is -0.271 e. The van der Waals surface area contributed by atoms with E-state index >= 15 is 0 Å². The zero-order chi connectivity index (χ0) is 15.2. The number of rotatable bonds is 6. The molecule has 0 aliphatic carbocycles. The quantitative estimate of drug-likeness (QED) is 0.463. The van der Waals surface area contributed by atoms with Gasteiger partial charge in [-0.25, -0.2) is 0 Å². The Kier molecular flexibility index (Phi) is 6.40. The Morgan fingerprint density at radius 3 is 2.43 bits per heavy atom. The van der Waals surface area contributed by atoms with Gasteiger partial charge in [-0.3, -0.25) is 11.3 Å². The summed E-state index contributed by atoms with van der Waals surface area (Å²) in [5.41, 5.74) is 5.05. The molecule has 2 nitrogen and oxygen atoms in total. The van der Waals surface area contributed by atoms with E-state index in [-0.39, 0.29) is 6.04 Å². The van der Waals surface area contributed by atoms with Crippen molar-refractivity contribution in [2.45, 2.75) is 24.3 Å². The number of hydrogen-bond donors (Lipinski definition) is 2. The van der Waals surface area contributed by atoms with Crippen LogP contribution in [0.4, 0.5) is 0 Å². The summed E-state index contributed by atoms with van der Waals surface area (Å²) in [6.45, 7) is 2.09. The zero-order valence-corrected chi connectivity index (χ0v) is 14.1. The van der Waals surface area contributed by atoms with E-state index in [2.05, 4.69) is 36.6 Å². The second-order valence-corrected chi connectivity index (χ2v) is 6.80. The average Bonchev–Trinajstić information content (AvgIpc) is 2.46. The summed E-state index contributed by atoms with van der Waals surface area (Å²) in [6, 6.07) is 14.1. The standard InChI is InChI=1S/C16H18Cl2N2S/c1-11-4-2-5-13(8-11)21-10-12(20-19)9-14-15(17)6-3-7-16(14)18/h2-8,12,20H,9-10,19H2,1H3. The number of nitrogens with two attached hydrogens (primary N) is 1. The molecule has 1 atom stereocenters. The lowest BCUT2D eigenvalue weighted by molar-refractivity contribution is 0.575. The molecule has 0 radical (unpaired) electrons. The molecule has 0 aliphatic heterocycles. The number of nitrogens with one attached hydrogen (secondary N) is 1. The Labute approximate surface area is 140 Å². The van der Waals surface area contributed by atoms with Crippen LogP contribution in [-0.4, -0.2) is 11.8 Å². The molecular formula is C16H18Cl2N2S. The van der Waals surface area contributed by atoms with E-state index in [0.29, 0.717) is 16.5 Å². The zero-order valence-electron chi connectivity index (χ0n) is 11.8. The van der Waals surface area contributed by atoms with Crippen molar-refractivity contribution < 1.29 is 0 Å². The molecule has 112 valence electrons. The van der Waals surface area contributed by atoms with Gasteiger partial charge in [0.25, 0.3) is 0 Å².